The van der Waals surface area contributed by atoms with Crippen LogP contribution in [-0.2, 0) is 9.47 Å². The fraction of sp³-hybridized carbons (Fsp3) is 1.00. The third-order valence-electron chi connectivity index (χ3n) is 2.22. The zero-order valence-corrected chi connectivity index (χ0v) is 6.25. The van der Waals surface area contributed by atoms with Crippen LogP contribution in [0.2, 0.25) is 0 Å². The Hall–Kier alpha value is -0.120. The van der Waals surface area contributed by atoms with Crippen molar-refractivity contribution in [2.75, 3.05) is 26.8 Å². The van der Waals surface area contributed by atoms with Crippen LogP contribution in [0.15, 0.2) is 0 Å². The first-order chi connectivity index (χ1) is 4.88. The molecule has 0 spiro atoms. The van der Waals surface area contributed by atoms with Gasteiger partial charge in [-0.3, -0.25) is 4.90 Å². The monoisotopic (exact) mass is 143 g/mol. The molecule has 58 valence electrons. The number of hydrogen-bond donors (Lipinski definition) is 0. The largest absolute Gasteiger partial charge is 0.372 e. The standard InChI is InChI=1S/C7H13NO2/c1-8-3-2-6-7(8)10-5-4-9-6/h6-7H,2-5H2,1H3. The number of rotatable bonds is 0. The van der Waals surface area contributed by atoms with Gasteiger partial charge in [-0.15, -0.1) is 0 Å². The molecule has 2 saturated heterocycles. The molecule has 0 amide bonds. The van der Waals surface area contributed by atoms with E-state index in [0.717, 1.165) is 26.2 Å². The van der Waals surface area contributed by atoms with Gasteiger partial charge in [0.05, 0.1) is 19.3 Å². The SMILES string of the molecule is CN1CCC2OCCOC21. The van der Waals surface area contributed by atoms with Gasteiger partial charge in [0.2, 0.25) is 0 Å². The normalized spacial score (nSPS) is 41.7. The summed E-state index contributed by atoms with van der Waals surface area (Å²) in [5, 5.41) is 0. The highest BCUT2D eigenvalue weighted by Gasteiger charge is 2.35. The summed E-state index contributed by atoms with van der Waals surface area (Å²) >= 11 is 0. The van der Waals surface area contributed by atoms with E-state index in [1.54, 1.807) is 0 Å². The van der Waals surface area contributed by atoms with E-state index in [4.69, 9.17) is 9.47 Å². The van der Waals surface area contributed by atoms with Crippen LogP contribution >= 0.6 is 0 Å². The van der Waals surface area contributed by atoms with Crippen LogP contribution in [0.1, 0.15) is 6.42 Å². The zero-order chi connectivity index (χ0) is 6.97. The molecule has 0 aromatic carbocycles. The van der Waals surface area contributed by atoms with Crippen LogP contribution in [0.25, 0.3) is 0 Å². The van der Waals surface area contributed by atoms with Gasteiger partial charge in [-0.1, -0.05) is 0 Å². The molecule has 2 rings (SSSR count). The van der Waals surface area contributed by atoms with Gasteiger partial charge >= 0.3 is 0 Å². The molecule has 0 aliphatic carbocycles. The Morgan fingerprint density at radius 2 is 2.10 bits per heavy atom. The van der Waals surface area contributed by atoms with Gasteiger partial charge in [0.15, 0.2) is 0 Å². The van der Waals surface area contributed by atoms with Crippen LogP contribution in [0.5, 0.6) is 0 Å². The second-order valence-corrected chi connectivity index (χ2v) is 2.94. The van der Waals surface area contributed by atoms with Crippen LogP contribution in [0.3, 0.4) is 0 Å². The maximum Gasteiger partial charge on any atom is 0.136 e. The molecule has 0 radical (unpaired) electrons. The second kappa shape index (κ2) is 2.49. The van der Waals surface area contributed by atoms with E-state index in [9.17, 15) is 0 Å². The molecule has 2 fully saturated rings. The molecule has 2 aliphatic heterocycles. The molecule has 0 saturated carbocycles. The first-order valence-electron chi connectivity index (χ1n) is 3.81. The summed E-state index contributed by atoms with van der Waals surface area (Å²) in [6, 6.07) is 0. The van der Waals surface area contributed by atoms with Gasteiger partial charge < -0.3 is 9.47 Å². The minimum absolute atomic E-state index is 0.244. The molecule has 0 aromatic heterocycles. The average molecular weight is 143 g/mol. The van der Waals surface area contributed by atoms with E-state index in [1.807, 2.05) is 0 Å². The summed E-state index contributed by atoms with van der Waals surface area (Å²) < 4.78 is 11.0. The smallest absolute Gasteiger partial charge is 0.136 e. The Balaban J connectivity index is 2.01. The number of fused-ring (bicyclic) bond motifs is 1. The predicted molar refractivity (Wildman–Crippen MR) is 36.7 cm³/mol. The van der Waals surface area contributed by atoms with Gasteiger partial charge in [-0.05, 0) is 13.5 Å². The number of ether oxygens (including phenoxy) is 2. The second-order valence-electron chi connectivity index (χ2n) is 2.94. The lowest BCUT2D eigenvalue weighted by Gasteiger charge is -2.29. The van der Waals surface area contributed by atoms with Gasteiger partial charge in [-0.25, -0.2) is 0 Å². The van der Waals surface area contributed by atoms with Gasteiger partial charge in [0.1, 0.15) is 6.23 Å². The zero-order valence-electron chi connectivity index (χ0n) is 6.25. The fourth-order valence-corrected chi connectivity index (χ4v) is 1.65. The van der Waals surface area contributed by atoms with E-state index in [-0.39, 0.29) is 6.23 Å². The highest BCUT2D eigenvalue weighted by Crippen LogP contribution is 2.22. The molecule has 10 heavy (non-hydrogen) atoms. The van der Waals surface area contributed by atoms with Crippen molar-refractivity contribution in [2.45, 2.75) is 18.8 Å². The third kappa shape index (κ3) is 0.944. The van der Waals surface area contributed by atoms with E-state index in [0.29, 0.717) is 6.10 Å². The van der Waals surface area contributed by atoms with Crippen LogP contribution < -0.4 is 0 Å². The van der Waals surface area contributed by atoms with Crippen molar-refractivity contribution in [3.63, 3.8) is 0 Å². The van der Waals surface area contributed by atoms with Crippen LogP contribution in [0, 0.1) is 0 Å². The first kappa shape index (κ1) is 6.58. The highest BCUT2D eigenvalue weighted by molar-refractivity contribution is 4.81. The van der Waals surface area contributed by atoms with Crippen molar-refractivity contribution in [3.05, 3.63) is 0 Å². The minimum Gasteiger partial charge on any atom is -0.372 e. The van der Waals surface area contributed by atoms with Crippen LogP contribution in [-0.4, -0.2) is 44.0 Å². The lowest BCUT2D eigenvalue weighted by atomic mass is 10.3. The van der Waals surface area contributed by atoms with E-state index in [2.05, 4.69) is 11.9 Å². The maximum absolute atomic E-state index is 5.52. The van der Waals surface area contributed by atoms with Crippen molar-refractivity contribution in [1.29, 1.82) is 0 Å². The van der Waals surface area contributed by atoms with Crippen LogP contribution in [0.4, 0.5) is 0 Å². The molecule has 2 aliphatic rings. The molecule has 0 bridgehead atoms. The molecule has 3 nitrogen and oxygen atoms in total. The summed E-state index contributed by atoms with van der Waals surface area (Å²) in [6.07, 6.45) is 1.72. The summed E-state index contributed by atoms with van der Waals surface area (Å²) in [4.78, 5) is 2.21. The molecule has 2 unspecified atom stereocenters. The van der Waals surface area contributed by atoms with Crippen molar-refractivity contribution in [3.8, 4) is 0 Å². The Labute approximate surface area is 60.9 Å². The topological polar surface area (TPSA) is 21.7 Å². The molecular weight excluding hydrogens is 130 g/mol. The van der Waals surface area contributed by atoms with Crippen molar-refractivity contribution >= 4 is 0 Å². The summed E-state index contributed by atoms with van der Waals surface area (Å²) in [5.74, 6) is 0. The molecule has 2 atom stereocenters. The van der Waals surface area contributed by atoms with E-state index < -0.39 is 0 Å². The van der Waals surface area contributed by atoms with Crippen molar-refractivity contribution < 1.29 is 9.47 Å². The lowest BCUT2D eigenvalue weighted by Crippen LogP contribution is -2.41. The summed E-state index contributed by atoms with van der Waals surface area (Å²) in [7, 11) is 2.08. The summed E-state index contributed by atoms with van der Waals surface area (Å²) in [6.45, 7) is 2.63. The van der Waals surface area contributed by atoms with Gasteiger partial charge in [0.25, 0.3) is 0 Å². The molecule has 2 heterocycles. The molecule has 3 heteroatoms. The predicted octanol–water partition coefficient (Wildman–Crippen LogP) is 0.0634. The van der Waals surface area contributed by atoms with Crippen molar-refractivity contribution in [1.82, 2.24) is 4.90 Å². The Morgan fingerprint density at radius 3 is 2.90 bits per heavy atom. The van der Waals surface area contributed by atoms with Gasteiger partial charge in [0, 0.05) is 6.54 Å². The van der Waals surface area contributed by atoms with Crippen molar-refractivity contribution in [2.24, 2.45) is 0 Å². The number of hydrogen-bond acceptors (Lipinski definition) is 3. The Morgan fingerprint density at radius 1 is 1.30 bits per heavy atom. The number of likely N-dealkylation sites (N-methyl/N-ethyl adjacent to an activating group) is 1. The average Bonchev–Trinajstić information content (AvgIpc) is 2.34. The molecule has 0 aromatic rings. The molecular formula is C7H13NO2. The Bertz CT molecular complexity index is 127. The first-order valence-corrected chi connectivity index (χ1v) is 3.81. The third-order valence-corrected chi connectivity index (χ3v) is 2.22. The lowest BCUT2D eigenvalue weighted by molar-refractivity contribution is -0.162. The number of nitrogens with zero attached hydrogens (tertiary/aromatic N) is 1. The van der Waals surface area contributed by atoms with Gasteiger partial charge in [-0.2, -0.15) is 0 Å². The number of likely N-dealkylation sites (tertiary alicyclic amines) is 1. The highest BCUT2D eigenvalue weighted by atomic mass is 16.6. The van der Waals surface area contributed by atoms with E-state index >= 15 is 0 Å². The Kier molecular flexibility index (Phi) is 1.64. The quantitative estimate of drug-likeness (QED) is 0.478. The minimum atomic E-state index is 0.244. The fourth-order valence-electron chi connectivity index (χ4n) is 1.65. The maximum atomic E-state index is 5.52. The summed E-state index contributed by atoms with van der Waals surface area (Å²) in [5.41, 5.74) is 0. The molecule has 0 N–H and O–H groups in total. The van der Waals surface area contributed by atoms with E-state index in [1.165, 1.54) is 0 Å².